The summed E-state index contributed by atoms with van der Waals surface area (Å²) in [5.74, 6) is -0.262. The van der Waals surface area contributed by atoms with Crippen LogP contribution >= 0.6 is 0 Å². The Morgan fingerprint density at radius 2 is 2.18 bits per heavy atom. The van der Waals surface area contributed by atoms with Gasteiger partial charge in [0.2, 0.25) is 0 Å². The standard InChI is InChI=1S/C8H12O3/c1-10-8(9)6-7-2-4-11-5-3-7/h6H,2-5H2,1H3. The predicted octanol–water partition coefficient (Wildman–Crippen LogP) is 0.896. The molecule has 1 aliphatic heterocycles. The van der Waals surface area contributed by atoms with Crippen LogP contribution in [0.1, 0.15) is 12.8 Å². The second-order valence-corrected chi connectivity index (χ2v) is 2.44. The minimum atomic E-state index is -0.262. The first-order valence-corrected chi connectivity index (χ1v) is 3.68. The Kier molecular flexibility index (Phi) is 3.11. The summed E-state index contributed by atoms with van der Waals surface area (Å²) in [4.78, 5) is 10.7. The van der Waals surface area contributed by atoms with Gasteiger partial charge in [0.1, 0.15) is 0 Å². The van der Waals surface area contributed by atoms with Crippen molar-refractivity contribution < 1.29 is 14.3 Å². The van der Waals surface area contributed by atoms with Crippen molar-refractivity contribution in [2.45, 2.75) is 12.8 Å². The first kappa shape index (κ1) is 8.27. The molecule has 0 radical (unpaired) electrons. The molecule has 1 fully saturated rings. The van der Waals surface area contributed by atoms with E-state index in [1.807, 2.05) is 0 Å². The lowest BCUT2D eigenvalue weighted by Gasteiger charge is -2.13. The van der Waals surface area contributed by atoms with E-state index in [1.165, 1.54) is 7.11 Å². The normalized spacial score (nSPS) is 17.7. The quantitative estimate of drug-likeness (QED) is 0.418. The molecule has 3 nitrogen and oxygen atoms in total. The summed E-state index contributed by atoms with van der Waals surface area (Å²) in [7, 11) is 1.39. The maximum atomic E-state index is 10.7. The molecule has 0 aromatic rings. The van der Waals surface area contributed by atoms with Crippen LogP contribution in [0.25, 0.3) is 0 Å². The highest BCUT2D eigenvalue weighted by Crippen LogP contribution is 2.12. The van der Waals surface area contributed by atoms with E-state index in [4.69, 9.17) is 4.74 Å². The fraction of sp³-hybridized carbons (Fsp3) is 0.625. The van der Waals surface area contributed by atoms with Crippen LogP contribution in [0.2, 0.25) is 0 Å². The van der Waals surface area contributed by atoms with E-state index in [0.29, 0.717) is 0 Å². The van der Waals surface area contributed by atoms with Gasteiger partial charge in [0.05, 0.1) is 20.3 Å². The van der Waals surface area contributed by atoms with Gasteiger partial charge in [0.25, 0.3) is 0 Å². The summed E-state index contributed by atoms with van der Waals surface area (Å²) in [5.41, 5.74) is 1.13. The van der Waals surface area contributed by atoms with Gasteiger partial charge in [-0.05, 0) is 12.8 Å². The maximum Gasteiger partial charge on any atom is 0.330 e. The summed E-state index contributed by atoms with van der Waals surface area (Å²) < 4.78 is 9.62. The number of carbonyl (C=O) groups excluding carboxylic acids is 1. The van der Waals surface area contributed by atoms with E-state index >= 15 is 0 Å². The molecule has 1 aliphatic rings. The van der Waals surface area contributed by atoms with Gasteiger partial charge in [0, 0.05) is 6.08 Å². The predicted molar refractivity (Wildman–Crippen MR) is 40.2 cm³/mol. The number of carbonyl (C=O) groups is 1. The van der Waals surface area contributed by atoms with Crippen molar-refractivity contribution in [1.82, 2.24) is 0 Å². The highest BCUT2D eigenvalue weighted by molar-refractivity contribution is 5.82. The minimum absolute atomic E-state index is 0.262. The first-order valence-electron chi connectivity index (χ1n) is 3.68. The van der Waals surface area contributed by atoms with Crippen molar-refractivity contribution in [3.63, 3.8) is 0 Å². The molecular weight excluding hydrogens is 144 g/mol. The molecule has 0 bridgehead atoms. The Labute approximate surface area is 66.0 Å². The van der Waals surface area contributed by atoms with E-state index in [2.05, 4.69) is 4.74 Å². The molecule has 1 saturated heterocycles. The van der Waals surface area contributed by atoms with E-state index in [0.717, 1.165) is 31.6 Å². The number of methoxy groups -OCH3 is 1. The van der Waals surface area contributed by atoms with E-state index < -0.39 is 0 Å². The van der Waals surface area contributed by atoms with Gasteiger partial charge in [-0.2, -0.15) is 0 Å². The molecule has 0 saturated carbocycles. The largest absolute Gasteiger partial charge is 0.466 e. The van der Waals surface area contributed by atoms with Crippen molar-refractivity contribution in [1.29, 1.82) is 0 Å². The molecule has 0 N–H and O–H groups in total. The third-order valence-corrected chi connectivity index (χ3v) is 1.66. The smallest absolute Gasteiger partial charge is 0.330 e. The zero-order valence-electron chi connectivity index (χ0n) is 6.63. The van der Waals surface area contributed by atoms with Gasteiger partial charge in [-0.15, -0.1) is 0 Å². The molecule has 62 valence electrons. The highest BCUT2D eigenvalue weighted by Gasteiger charge is 2.06. The SMILES string of the molecule is COC(=O)C=C1CCOCC1. The molecule has 1 rings (SSSR count). The van der Waals surface area contributed by atoms with E-state index in [9.17, 15) is 4.79 Å². The van der Waals surface area contributed by atoms with Gasteiger partial charge >= 0.3 is 5.97 Å². The van der Waals surface area contributed by atoms with Crippen LogP contribution in [-0.4, -0.2) is 26.3 Å². The lowest BCUT2D eigenvalue weighted by atomic mass is 10.1. The van der Waals surface area contributed by atoms with Gasteiger partial charge in [0.15, 0.2) is 0 Å². The van der Waals surface area contributed by atoms with Gasteiger partial charge in [-0.25, -0.2) is 4.79 Å². The minimum Gasteiger partial charge on any atom is -0.466 e. The van der Waals surface area contributed by atoms with Crippen molar-refractivity contribution in [3.8, 4) is 0 Å². The van der Waals surface area contributed by atoms with Crippen LogP contribution in [0.5, 0.6) is 0 Å². The summed E-state index contributed by atoms with van der Waals surface area (Å²) in [6.45, 7) is 1.45. The topological polar surface area (TPSA) is 35.5 Å². The Balaban J connectivity index is 2.43. The van der Waals surface area contributed by atoms with Crippen LogP contribution < -0.4 is 0 Å². The monoisotopic (exact) mass is 156 g/mol. The number of hydrogen-bond donors (Lipinski definition) is 0. The van der Waals surface area contributed by atoms with E-state index in [1.54, 1.807) is 6.08 Å². The molecule has 11 heavy (non-hydrogen) atoms. The molecule has 0 unspecified atom stereocenters. The van der Waals surface area contributed by atoms with Crippen LogP contribution in [0, 0.1) is 0 Å². The maximum absolute atomic E-state index is 10.7. The molecule has 0 aromatic heterocycles. The third-order valence-electron chi connectivity index (χ3n) is 1.66. The fourth-order valence-corrected chi connectivity index (χ4v) is 1.00. The van der Waals surface area contributed by atoms with Crippen molar-refractivity contribution >= 4 is 5.97 Å². The molecule has 0 aromatic carbocycles. The molecule has 0 spiro atoms. The highest BCUT2D eigenvalue weighted by atomic mass is 16.5. The Morgan fingerprint density at radius 1 is 1.55 bits per heavy atom. The molecule has 3 heteroatoms. The summed E-state index contributed by atoms with van der Waals surface area (Å²) in [6.07, 6.45) is 3.27. The van der Waals surface area contributed by atoms with Crippen molar-refractivity contribution in [3.05, 3.63) is 11.6 Å². The molecule has 0 amide bonds. The first-order chi connectivity index (χ1) is 5.33. The summed E-state index contributed by atoms with van der Waals surface area (Å²) in [5, 5.41) is 0. The molecule has 1 heterocycles. The Morgan fingerprint density at radius 3 is 2.73 bits per heavy atom. The second kappa shape index (κ2) is 4.13. The van der Waals surface area contributed by atoms with Gasteiger partial charge in [-0.3, -0.25) is 0 Å². The Hall–Kier alpha value is -0.830. The zero-order valence-corrected chi connectivity index (χ0v) is 6.63. The van der Waals surface area contributed by atoms with Crippen LogP contribution in [-0.2, 0) is 14.3 Å². The summed E-state index contributed by atoms with van der Waals surface area (Å²) >= 11 is 0. The van der Waals surface area contributed by atoms with Gasteiger partial charge < -0.3 is 9.47 Å². The average Bonchev–Trinajstić information content (AvgIpc) is 2.06. The van der Waals surface area contributed by atoms with Crippen LogP contribution in [0.4, 0.5) is 0 Å². The number of rotatable bonds is 1. The molecular formula is C8H12O3. The van der Waals surface area contributed by atoms with Gasteiger partial charge in [-0.1, -0.05) is 5.57 Å². The third kappa shape index (κ3) is 2.72. The van der Waals surface area contributed by atoms with Crippen LogP contribution in [0.3, 0.4) is 0 Å². The number of hydrogen-bond acceptors (Lipinski definition) is 3. The summed E-state index contributed by atoms with van der Waals surface area (Å²) in [6, 6.07) is 0. The lowest BCUT2D eigenvalue weighted by Crippen LogP contribution is -2.09. The Bertz CT molecular complexity index is 164. The number of esters is 1. The molecule has 0 aliphatic carbocycles. The average molecular weight is 156 g/mol. The zero-order chi connectivity index (χ0) is 8.10. The number of ether oxygens (including phenoxy) is 2. The lowest BCUT2D eigenvalue weighted by molar-refractivity contribution is -0.134. The van der Waals surface area contributed by atoms with E-state index in [-0.39, 0.29) is 5.97 Å². The fourth-order valence-electron chi connectivity index (χ4n) is 1.00. The molecule has 0 atom stereocenters. The second-order valence-electron chi connectivity index (χ2n) is 2.44. The van der Waals surface area contributed by atoms with Crippen molar-refractivity contribution in [2.75, 3.05) is 20.3 Å². The van der Waals surface area contributed by atoms with Crippen LogP contribution in [0.15, 0.2) is 11.6 Å². The van der Waals surface area contributed by atoms with Crippen molar-refractivity contribution in [2.24, 2.45) is 0 Å².